The lowest BCUT2D eigenvalue weighted by Gasteiger charge is -2.44. The molecule has 1 amide bonds. The highest BCUT2D eigenvalue weighted by atomic mass is 32.2. The SMILES string of the molecule is [2H]C([2H])=C([2H])C(=O)N1[C@H](C)CN(c2nc(=O)n3c4c(c(-c5ccc(F)cc5)c(C(F)(F)F)cc24)SC[C@@H](OC)C3)C[C@@H]1C. The number of piperazine rings is 1. The van der Waals surface area contributed by atoms with Gasteiger partial charge < -0.3 is 14.5 Å². The van der Waals surface area contributed by atoms with E-state index in [0.29, 0.717) is 0 Å². The van der Waals surface area contributed by atoms with Crippen molar-refractivity contribution in [2.45, 2.75) is 49.7 Å². The topological polar surface area (TPSA) is 67.7 Å². The van der Waals surface area contributed by atoms with Gasteiger partial charge in [-0.2, -0.15) is 18.2 Å². The van der Waals surface area contributed by atoms with E-state index in [4.69, 9.17) is 8.85 Å². The molecule has 1 saturated heterocycles. The molecule has 3 aromatic rings. The number of rotatable bonds is 4. The van der Waals surface area contributed by atoms with Crippen molar-refractivity contribution in [1.82, 2.24) is 14.5 Å². The minimum atomic E-state index is -4.81. The molecule has 12 heteroatoms. The maximum atomic E-state index is 14.8. The first-order chi connectivity index (χ1) is 20.2. The first-order valence-corrected chi connectivity index (χ1v) is 13.5. The molecule has 0 aliphatic carbocycles. The lowest BCUT2D eigenvalue weighted by molar-refractivity contribution is -0.137. The van der Waals surface area contributed by atoms with Crippen molar-refractivity contribution in [3.8, 4) is 11.1 Å². The molecule has 5 rings (SSSR count). The van der Waals surface area contributed by atoms with E-state index in [2.05, 4.69) is 4.98 Å². The molecule has 7 nitrogen and oxygen atoms in total. The van der Waals surface area contributed by atoms with Gasteiger partial charge in [0.15, 0.2) is 0 Å². The number of halogens is 4. The Hall–Kier alpha value is -3.38. The highest BCUT2D eigenvalue weighted by Crippen LogP contribution is 2.48. The molecule has 0 saturated carbocycles. The van der Waals surface area contributed by atoms with Gasteiger partial charge in [-0.3, -0.25) is 9.36 Å². The second-order valence-electron chi connectivity index (χ2n) is 9.97. The monoisotopic (exact) mass is 579 g/mol. The summed E-state index contributed by atoms with van der Waals surface area (Å²) in [7, 11) is 1.46. The number of anilines is 1. The van der Waals surface area contributed by atoms with Crippen LogP contribution in [0.5, 0.6) is 0 Å². The van der Waals surface area contributed by atoms with Crippen LogP contribution < -0.4 is 10.6 Å². The lowest BCUT2D eigenvalue weighted by atomic mass is 9.96. The van der Waals surface area contributed by atoms with Crippen molar-refractivity contribution in [3.05, 3.63) is 64.8 Å². The van der Waals surface area contributed by atoms with Crippen molar-refractivity contribution in [2.75, 3.05) is 30.9 Å². The highest BCUT2D eigenvalue weighted by molar-refractivity contribution is 7.99. The van der Waals surface area contributed by atoms with Crippen molar-refractivity contribution >= 4 is 34.4 Å². The van der Waals surface area contributed by atoms with E-state index in [1.54, 1.807) is 18.7 Å². The Morgan fingerprint density at radius 2 is 1.90 bits per heavy atom. The Morgan fingerprint density at radius 1 is 1.23 bits per heavy atom. The van der Waals surface area contributed by atoms with Gasteiger partial charge in [0, 0.05) is 53.9 Å². The summed E-state index contributed by atoms with van der Waals surface area (Å²) in [6.07, 6.45) is -5.31. The van der Waals surface area contributed by atoms with Crippen LogP contribution in [0.1, 0.15) is 23.5 Å². The van der Waals surface area contributed by atoms with Crippen LogP contribution in [0.15, 0.2) is 52.6 Å². The Bertz CT molecular complexity index is 1670. The van der Waals surface area contributed by atoms with Crippen LogP contribution in [-0.2, 0) is 22.3 Å². The maximum Gasteiger partial charge on any atom is 0.417 e. The highest BCUT2D eigenvalue weighted by Gasteiger charge is 2.39. The number of benzene rings is 2. The predicted molar refractivity (Wildman–Crippen MR) is 146 cm³/mol. The van der Waals surface area contributed by atoms with E-state index >= 15 is 0 Å². The molecule has 0 unspecified atom stereocenters. The zero-order chi connectivity index (χ0) is 31.4. The van der Waals surface area contributed by atoms with Crippen molar-refractivity contribution in [1.29, 1.82) is 0 Å². The molecule has 1 aromatic heterocycles. The number of thioether (sulfide) groups is 1. The third-order valence-corrected chi connectivity index (χ3v) is 8.55. The molecule has 3 atom stereocenters. The van der Waals surface area contributed by atoms with Crippen molar-refractivity contribution in [3.63, 3.8) is 0 Å². The van der Waals surface area contributed by atoms with E-state index in [-0.39, 0.29) is 58.1 Å². The fraction of sp³-hybridized carbons (Fsp3) is 0.393. The van der Waals surface area contributed by atoms with Crippen molar-refractivity contribution in [2.24, 2.45) is 0 Å². The summed E-state index contributed by atoms with van der Waals surface area (Å²) in [6, 6.07) is 3.77. The summed E-state index contributed by atoms with van der Waals surface area (Å²) in [6.45, 7) is 2.64. The summed E-state index contributed by atoms with van der Waals surface area (Å²) >= 11 is 1.13. The number of hydrogen-bond acceptors (Lipinski definition) is 6. The molecule has 2 aliphatic rings. The Labute approximate surface area is 236 Å². The minimum Gasteiger partial charge on any atom is -0.379 e. The van der Waals surface area contributed by atoms with Crippen LogP contribution >= 0.6 is 11.8 Å². The molecule has 3 heterocycles. The van der Waals surface area contributed by atoms with Gasteiger partial charge in [-0.1, -0.05) is 18.7 Å². The number of methoxy groups -OCH3 is 1. The number of ether oxygens (including phenoxy) is 1. The fourth-order valence-electron chi connectivity index (χ4n) is 5.61. The largest absolute Gasteiger partial charge is 0.417 e. The number of nitrogens with zero attached hydrogens (tertiary/aromatic N) is 4. The molecule has 2 aliphatic heterocycles. The van der Waals surface area contributed by atoms with E-state index in [1.807, 2.05) is 0 Å². The van der Waals surface area contributed by atoms with Gasteiger partial charge in [0.1, 0.15) is 11.6 Å². The van der Waals surface area contributed by atoms with Gasteiger partial charge in [0.05, 0.1) is 27.8 Å². The molecular weight excluding hydrogens is 548 g/mol. The molecule has 0 radical (unpaired) electrons. The second-order valence-corrected chi connectivity index (χ2v) is 11.0. The standard InChI is InChI=1S/C28H28F4N4O3S/c1-5-22(37)36-15(2)11-34(12-16(36)3)26-20-10-21(28(30,31)32)23(17-6-8-18(29)9-7-17)25-24(20)35(27(38)33-26)13-19(39-4)14-40-25/h5-10,15-16,19H,1,11-14H2,2-4H3/t15-,16+,19-/m0/s1/i1D2,5D. The minimum absolute atomic E-state index is 0.0271. The average molecular weight is 580 g/mol. The number of alkyl halides is 3. The van der Waals surface area contributed by atoms with E-state index in [1.165, 1.54) is 28.7 Å². The zero-order valence-corrected chi connectivity index (χ0v) is 22.7. The Morgan fingerprint density at radius 3 is 2.50 bits per heavy atom. The molecule has 0 bridgehead atoms. The van der Waals surface area contributed by atoms with Gasteiger partial charge in [-0.05, 0) is 43.7 Å². The molecule has 212 valence electrons. The summed E-state index contributed by atoms with van der Waals surface area (Å²) < 4.78 is 87.5. The second kappa shape index (κ2) is 10.5. The molecule has 0 N–H and O–H groups in total. The molecule has 2 aromatic carbocycles. The first kappa shape index (κ1) is 24.4. The van der Waals surface area contributed by atoms with Crippen LogP contribution in [0.3, 0.4) is 0 Å². The Kier molecular flexibility index (Phi) is 6.44. The van der Waals surface area contributed by atoms with Gasteiger partial charge in [0.25, 0.3) is 0 Å². The molecule has 0 spiro atoms. The number of amides is 1. The summed E-state index contributed by atoms with van der Waals surface area (Å²) in [5.41, 5.74) is -1.41. The quantitative estimate of drug-likeness (QED) is 0.322. The zero-order valence-electron chi connectivity index (χ0n) is 24.9. The van der Waals surface area contributed by atoms with E-state index in [9.17, 15) is 27.2 Å². The molecule has 40 heavy (non-hydrogen) atoms. The van der Waals surface area contributed by atoms with Gasteiger partial charge in [-0.15, -0.1) is 11.8 Å². The van der Waals surface area contributed by atoms with Gasteiger partial charge in [-0.25, -0.2) is 9.18 Å². The lowest BCUT2D eigenvalue weighted by Crippen LogP contribution is -2.58. The molecular formula is C28H28F4N4O3S. The van der Waals surface area contributed by atoms with E-state index < -0.39 is 59.9 Å². The predicted octanol–water partition coefficient (Wildman–Crippen LogP) is 4.95. The maximum absolute atomic E-state index is 14.8. The van der Waals surface area contributed by atoms with Crippen LogP contribution in [0.25, 0.3) is 22.0 Å². The summed E-state index contributed by atoms with van der Waals surface area (Å²) in [4.78, 5) is 33.9. The number of carbonyl (C=O) groups excluding carboxylic acids is 1. The van der Waals surface area contributed by atoms with Crippen molar-refractivity contribution < 1.29 is 31.2 Å². The smallest absolute Gasteiger partial charge is 0.379 e. The van der Waals surface area contributed by atoms with E-state index in [0.717, 1.165) is 30.0 Å². The normalized spacial score (nSPS) is 22.4. The third-order valence-electron chi connectivity index (χ3n) is 7.33. The van der Waals surface area contributed by atoms with Gasteiger partial charge >= 0.3 is 11.9 Å². The first-order valence-electron chi connectivity index (χ1n) is 14.0. The summed E-state index contributed by atoms with van der Waals surface area (Å²) in [5.74, 6) is -1.12. The number of aromatic nitrogens is 2. The average Bonchev–Trinajstić information content (AvgIpc) is 3.14. The Balaban J connectivity index is 1.75. The third kappa shape index (κ3) is 4.87. The van der Waals surface area contributed by atoms with Gasteiger partial charge in [0.2, 0.25) is 5.91 Å². The van der Waals surface area contributed by atoms with Crippen LogP contribution in [0, 0.1) is 5.82 Å². The van der Waals surface area contributed by atoms with Crippen LogP contribution in [-0.4, -0.2) is 64.5 Å². The fourth-order valence-corrected chi connectivity index (χ4v) is 6.93. The molecule has 1 fully saturated rings. The summed E-state index contributed by atoms with van der Waals surface area (Å²) in [5, 5.41) is 0.0943. The van der Waals surface area contributed by atoms with Crippen LogP contribution in [0.2, 0.25) is 0 Å². The van der Waals surface area contributed by atoms with Crippen LogP contribution in [0.4, 0.5) is 23.4 Å². The number of hydrogen-bond donors (Lipinski definition) is 0. The number of carbonyl (C=O) groups is 1.